The summed E-state index contributed by atoms with van der Waals surface area (Å²) in [5.41, 5.74) is -1.82. The van der Waals surface area contributed by atoms with Crippen molar-refractivity contribution < 1.29 is 148 Å². The van der Waals surface area contributed by atoms with E-state index in [9.17, 15) is 76.7 Å². The minimum Gasteiger partial charge on any atom is -0.463 e. The van der Waals surface area contributed by atoms with Crippen molar-refractivity contribution in [2.24, 2.45) is 0 Å². The number of hydroxylamine groups is 8. The lowest BCUT2D eigenvalue weighted by Crippen LogP contribution is -2.41. The van der Waals surface area contributed by atoms with Crippen LogP contribution in [0.3, 0.4) is 0 Å². The molecule has 4 rings (SSSR count). The highest BCUT2D eigenvalue weighted by atomic mass is 16.7. The Hall–Kier alpha value is -7.96. The van der Waals surface area contributed by atoms with Gasteiger partial charge in [-0.25, -0.2) is 19.2 Å². The highest BCUT2D eigenvalue weighted by molar-refractivity contribution is 6.03. The summed E-state index contributed by atoms with van der Waals surface area (Å²) in [5.74, 6) is -11.4. The van der Waals surface area contributed by atoms with E-state index in [2.05, 4.69) is 19.4 Å². The minimum atomic E-state index is -0.949. The highest BCUT2D eigenvalue weighted by Crippen LogP contribution is 2.19. The number of carbonyl (C=O) groups is 16. The number of hydrogen-bond donors (Lipinski definition) is 0. The Labute approximate surface area is 583 Å². The molecule has 0 spiro atoms. The fourth-order valence-corrected chi connectivity index (χ4v) is 7.31. The molecule has 4 saturated heterocycles. The number of hydrogen-bond acceptors (Lipinski definition) is 31. The van der Waals surface area contributed by atoms with Gasteiger partial charge in [0.2, 0.25) is 0 Å². The number of nitrogens with zero attached hydrogens (tertiary/aromatic N) is 4. The van der Waals surface area contributed by atoms with Gasteiger partial charge < -0.3 is 71.5 Å². The zero-order valence-electron chi connectivity index (χ0n) is 50.1. The van der Waals surface area contributed by atoms with Gasteiger partial charge in [-0.15, -0.1) is 20.3 Å². The molecule has 0 bridgehead atoms. The number of amides is 8. The Kier molecular flexibility index (Phi) is 62.6. The van der Waals surface area contributed by atoms with Crippen LogP contribution in [0.2, 0.25) is 0 Å². The van der Waals surface area contributed by atoms with Crippen LogP contribution in [0.25, 0.3) is 0 Å². The average molecular weight is 1440 g/mol. The minimum absolute atomic E-state index is 0. The van der Waals surface area contributed by atoms with E-state index in [4.69, 9.17) is 52.1 Å². The number of methoxy groups -OCH3 is 1. The Morgan fingerprint density at radius 3 is 0.677 bits per heavy atom. The molecule has 0 radical (unpaired) electrons. The molecular formula is C64H116N4O31. The second-order valence-electron chi connectivity index (χ2n) is 19.9. The van der Waals surface area contributed by atoms with E-state index in [1.165, 1.54) is 7.11 Å². The number of rotatable bonds is 43. The maximum atomic E-state index is 11.9. The Morgan fingerprint density at radius 1 is 0.293 bits per heavy atom. The van der Waals surface area contributed by atoms with E-state index in [1.807, 2.05) is 6.92 Å². The summed E-state index contributed by atoms with van der Waals surface area (Å²) in [7, 11) is 1.51. The molecule has 0 N–H and O–H groups in total. The molecule has 578 valence electrons. The first-order chi connectivity index (χ1) is 42.4. The lowest BCUT2D eigenvalue weighted by molar-refractivity contribution is -0.197. The standard InChI is InChI=1S/C27H38N2O16.C27H38N2O15.10CH4/c1-27(43-16-11-38-2,17-39-12-14-41-23(34)7-9-25(36)44-28-19(30)3-4-20(28)31)18-40-13-15-42-24(35)8-10-26(37)45-29-21(32)5-6-22(29)33;1-3-12-42-27(2,17-38-13-15-40-23(34)8-10-25(36)43-28-19(30)4-5-20(28)31)18-39-14-16-41-24(35)9-11-26(37)44-29-21(32)6-7-22(29)33;;;;;;;;;;/h3-18H2,1-2H3;3-18H2,1-2H3;10*1H4. The summed E-state index contributed by atoms with van der Waals surface area (Å²) in [6.45, 7) is 6.15. The molecule has 0 saturated carbocycles. The topological polar surface area (TPSA) is 425 Å². The number of carbonyl (C=O) groups excluding carboxylic acids is 16. The van der Waals surface area contributed by atoms with Crippen molar-refractivity contribution in [3.8, 4) is 0 Å². The molecule has 0 atom stereocenters. The molecule has 4 aliphatic rings. The molecule has 4 aliphatic heterocycles. The van der Waals surface area contributed by atoms with Crippen LogP contribution in [-0.4, -0.2) is 233 Å². The van der Waals surface area contributed by atoms with Crippen LogP contribution < -0.4 is 0 Å². The monoisotopic (exact) mass is 1440 g/mol. The van der Waals surface area contributed by atoms with Gasteiger partial charge in [0, 0.05) is 65.1 Å². The van der Waals surface area contributed by atoms with Crippen LogP contribution in [0.1, 0.15) is 204 Å². The predicted octanol–water partition coefficient (Wildman–Crippen LogP) is 5.73. The molecule has 35 nitrogen and oxygen atoms in total. The van der Waals surface area contributed by atoms with Gasteiger partial charge in [0.15, 0.2) is 0 Å². The normalized spacial score (nSPS) is 13.6. The Morgan fingerprint density at radius 2 is 0.485 bits per heavy atom. The summed E-state index contributed by atoms with van der Waals surface area (Å²) in [6.07, 6.45) is -2.33. The van der Waals surface area contributed by atoms with Gasteiger partial charge in [-0.1, -0.05) is 81.2 Å². The smallest absolute Gasteiger partial charge is 0.333 e. The van der Waals surface area contributed by atoms with Gasteiger partial charge >= 0.3 is 47.8 Å². The zero-order chi connectivity index (χ0) is 65.8. The van der Waals surface area contributed by atoms with Crippen LogP contribution in [0.4, 0.5) is 0 Å². The third-order valence-corrected chi connectivity index (χ3v) is 11.9. The fraction of sp³-hybridized carbons (Fsp3) is 0.750. The molecular weight excluding hydrogens is 1320 g/mol. The second kappa shape index (κ2) is 57.9. The Bertz CT molecular complexity index is 2290. The van der Waals surface area contributed by atoms with Crippen LogP contribution >= 0.6 is 0 Å². The van der Waals surface area contributed by atoms with E-state index in [0.717, 1.165) is 6.42 Å². The first kappa shape index (κ1) is 107. The van der Waals surface area contributed by atoms with Crippen molar-refractivity contribution in [1.82, 2.24) is 20.3 Å². The van der Waals surface area contributed by atoms with Gasteiger partial charge in [0.05, 0.1) is 117 Å². The molecule has 99 heavy (non-hydrogen) atoms. The van der Waals surface area contributed by atoms with Gasteiger partial charge in [0.1, 0.15) is 37.6 Å². The Balaban J connectivity index is -0.000000253. The second-order valence-corrected chi connectivity index (χ2v) is 19.9. The van der Waals surface area contributed by atoms with E-state index < -0.39 is 106 Å². The fourth-order valence-electron chi connectivity index (χ4n) is 7.31. The van der Waals surface area contributed by atoms with E-state index >= 15 is 0 Å². The third kappa shape index (κ3) is 43.2. The molecule has 0 aromatic rings. The summed E-state index contributed by atoms with van der Waals surface area (Å²) in [6, 6.07) is 0. The molecule has 0 aromatic carbocycles. The van der Waals surface area contributed by atoms with Crippen molar-refractivity contribution in [1.29, 1.82) is 0 Å². The van der Waals surface area contributed by atoms with Gasteiger partial charge in [-0.05, 0) is 20.3 Å². The molecule has 35 heteroatoms. The van der Waals surface area contributed by atoms with Crippen molar-refractivity contribution in [2.75, 3.05) is 106 Å². The van der Waals surface area contributed by atoms with Crippen molar-refractivity contribution in [3.63, 3.8) is 0 Å². The first-order valence-electron chi connectivity index (χ1n) is 28.3. The quantitative estimate of drug-likeness (QED) is 0.0304. The van der Waals surface area contributed by atoms with Crippen LogP contribution in [0.5, 0.6) is 0 Å². The van der Waals surface area contributed by atoms with Gasteiger partial charge in [-0.2, -0.15) is 0 Å². The maximum absolute atomic E-state index is 11.9. The lowest BCUT2D eigenvalue weighted by atomic mass is 10.1. The molecule has 0 unspecified atom stereocenters. The first-order valence-corrected chi connectivity index (χ1v) is 28.3. The molecule has 8 amide bonds. The van der Waals surface area contributed by atoms with Crippen molar-refractivity contribution in [2.45, 2.75) is 215 Å². The highest BCUT2D eigenvalue weighted by Gasteiger charge is 2.37. The molecule has 4 fully saturated rings. The zero-order valence-corrected chi connectivity index (χ0v) is 50.1. The number of ether oxygens (including phenoxy) is 11. The average Bonchev–Trinajstić information content (AvgIpc) is 1.79. The molecule has 0 aromatic heterocycles. The maximum Gasteiger partial charge on any atom is 0.333 e. The van der Waals surface area contributed by atoms with E-state index in [1.54, 1.807) is 13.8 Å². The SMILES string of the molecule is C.C.C.C.C.C.C.C.C.C.CCCOC(C)(COCCOC(=O)CCC(=O)ON1C(=O)CCC1=O)COCCOC(=O)CCC(=O)ON1C(=O)CCC1=O.COCCOC(C)(COCCOC(=O)CCC(=O)ON1C(=O)CCC1=O)COCCOC(=O)CCC(=O)ON1C(=O)CCC1=O. The summed E-state index contributed by atoms with van der Waals surface area (Å²) in [4.78, 5) is 205. The largest absolute Gasteiger partial charge is 0.463 e. The number of esters is 4. The van der Waals surface area contributed by atoms with Crippen LogP contribution in [0, 0.1) is 0 Å². The summed E-state index contributed by atoms with van der Waals surface area (Å²) in [5, 5.41) is 1.61. The lowest BCUT2D eigenvalue weighted by Gasteiger charge is -2.29. The van der Waals surface area contributed by atoms with Crippen LogP contribution in [0.15, 0.2) is 0 Å². The van der Waals surface area contributed by atoms with Crippen molar-refractivity contribution in [3.05, 3.63) is 0 Å². The summed E-state index contributed by atoms with van der Waals surface area (Å²) < 4.78 is 58.9. The third-order valence-electron chi connectivity index (χ3n) is 11.9. The van der Waals surface area contributed by atoms with Gasteiger partial charge in [-0.3, -0.25) is 57.5 Å². The molecule has 0 aliphatic carbocycles. The number of imide groups is 4. The molecule has 4 heterocycles. The van der Waals surface area contributed by atoms with Crippen LogP contribution in [-0.2, 0) is 148 Å². The van der Waals surface area contributed by atoms with E-state index in [0.29, 0.717) is 33.5 Å². The summed E-state index contributed by atoms with van der Waals surface area (Å²) >= 11 is 0. The van der Waals surface area contributed by atoms with Gasteiger partial charge in [0.25, 0.3) is 47.3 Å². The predicted molar refractivity (Wildman–Crippen MR) is 351 cm³/mol. The van der Waals surface area contributed by atoms with E-state index in [-0.39, 0.29) is 263 Å². The van der Waals surface area contributed by atoms with Crippen molar-refractivity contribution >= 4 is 95.0 Å².